The maximum absolute atomic E-state index is 14.1. The number of nitrogens with zero attached hydrogens (tertiary/aromatic N) is 4. The number of fused-ring (bicyclic) bond motifs is 1. The third kappa shape index (κ3) is 4.66. The molecule has 3 aromatic carbocycles. The van der Waals surface area contributed by atoms with Crippen LogP contribution in [0, 0.1) is 12.7 Å². The molecule has 1 aromatic heterocycles. The first-order chi connectivity index (χ1) is 15.9. The normalized spacial score (nSPS) is 14.8. The molecule has 1 aliphatic rings. The van der Waals surface area contributed by atoms with Crippen LogP contribution >= 0.6 is 12.4 Å². The monoisotopic (exact) mass is 500 g/mol. The van der Waals surface area contributed by atoms with Crippen molar-refractivity contribution < 1.29 is 12.8 Å². The van der Waals surface area contributed by atoms with Gasteiger partial charge in [0.25, 0.3) is 10.0 Å². The average Bonchev–Trinajstić information content (AvgIpc) is 3.20. The van der Waals surface area contributed by atoms with Crippen molar-refractivity contribution in [2.75, 3.05) is 31.1 Å². The highest BCUT2D eigenvalue weighted by Crippen LogP contribution is 2.30. The Bertz CT molecular complexity index is 1380. The lowest BCUT2D eigenvalue weighted by Crippen LogP contribution is -2.46. The molecule has 0 saturated carbocycles. The molecule has 1 fully saturated rings. The third-order valence-corrected chi connectivity index (χ3v) is 7.66. The molecule has 0 N–H and O–H groups in total. The molecule has 1 aliphatic heterocycles. The molecule has 34 heavy (non-hydrogen) atoms. The highest BCUT2D eigenvalue weighted by Gasteiger charge is 2.27. The number of hydrogen-bond donors (Lipinski definition) is 0. The van der Waals surface area contributed by atoms with Crippen molar-refractivity contribution in [3.63, 3.8) is 0 Å². The van der Waals surface area contributed by atoms with Gasteiger partial charge >= 0.3 is 0 Å². The minimum atomic E-state index is -3.97. The second kappa shape index (κ2) is 9.74. The van der Waals surface area contributed by atoms with Crippen LogP contribution in [0.5, 0.6) is 0 Å². The summed E-state index contributed by atoms with van der Waals surface area (Å²) in [5, 5.41) is 5.13. The van der Waals surface area contributed by atoms with Crippen LogP contribution in [-0.4, -0.2) is 48.7 Å². The maximum atomic E-state index is 14.1. The van der Waals surface area contributed by atoms with E-state index >= 15 is 0 Å². The van der Waals surface area contributed by atoms with Crippen molar-refractivity contribution >= 4 is 39.2 Å². The molecular weight excluding hydrogens is 475 g/mol. The number of piperazine rings is 1. The van der Waals surface area contributed by atoms with Crippen LogP contribution in [0.3, 0.4) is 0 Å². The van der Waals surface area contributed by atoms with Gasteiger partial charge in [0.15, 0.2) is 5.82 Å². The van der Waals surface area contributed by atoms with Crippen LogP contribution in [0.4, 0.5) is 10.2 Å². The molecule has 0 radical (unpaired) electrons. The molecule has 0 spiro atoms. The van der Waals surface area contributed by atoms with E-state index in [1.54, 1.807) is 30.3 Å². The summed E-state index contributed by atoms with van der Waals surface area (Å²) in [7, 11) is -3.97. The van der Waals surface area contributed by atoms with E-state index in [1.807, 2.05) is 25.1 Å². The van der Waals surface area contributed by atoms with E-state index in [2.05, 4.69) is 27.0 Å². The van der Waals surface area contributed by atoms with Gasteiger partial charge in [0, 0.05) is 44.2 Å². The Kier molecular flexibility index (Phi) is 6.93. The van der Waals surface area contributed by atoms with E-state index in [1.165, 1.54) is 17.7 Å². The lowest BCUT2D eigenvalue weighted by atomic mass is 10.2. The van der Waals surface area contributed by atoms with Crippen LogP contribution in [0.25, 0.3) is 10.9 Å². The molecule has 178 valence electrons. The summed E-state index contributed by atoms with van der Waals surface area (Å²) in [6, 6.07) is 21.1. The number of aromatic nitrogens is 2. The Balaban J connectivity index is 0.00000274. The standard InChI is InChI=1S/C25H25FN4O2S.ClH/c1-19-7-10-22(11-8-19)33(31,32)30-24-17-21(26)9-12-23(24)25(27-30)29-15-13-28(14-16-29)18-20-5-3-2-4-6-20;/h2-12,17H,13-16,18H2,1H3;1H. The second-order valence-electron chi connectivity index (χ2n) is 8.39. The molecule has 0 bridgehead atoms. The van der Waals surface area contributed by atoms with Gasteiger partial charge in [-0.05, 0) is 36.8 Å². The second-order valence-corrected chi connectivity index (χ2v) is 10.2. The van der Waals surface area contributed by atoms with Crippen molar-refractivity contribution in [3.8, 4) is 0 Å². The predicted molar refractivity (Wildman–Crippen MR) is 135 cm³/mol. The van der Waals surface area contributed by atoms with Gasteiger partial charge in [-0.3, -0.25) is 4.90 Å². The Hall–Kier alpha value is -2.94. The Morgan fingerprint density at radius 2 is 1.59 bits per heavy atom. The molecule has 0 atom stereocenters. The van der Waals surface area contributed by atoms with Crippen LogP contribution < -0.4 is 4.90 Å². The zero-order valence-electron chi connectivity index (χ0n) is 18.8. The minimum Gasteiger partial charge on any atom is -0.352 e. The largest absolute Gasteiger partial charge is 0.352 e. The lowest BCUT2D eigenvalue weighted by molar-refractivity contribution is 0.249. The predicted octanol–water partition coefficient (Wildman–Crippen LogP) is 4.46. The first-order valence-corrected chi connectivity index (χ1v) is 12.4. The Morgan fingerprint density at radius 3 is 2.26 bits per heavy atom. The summed E-state index contributed by atoms with van der Waals surface area (Å²) < 4.78 is 41.8. The third-order valence-electron chi connectivity index (χ3n) is 6.06. The van der Waals surface area contributed by atoms with Crippen LogP contribution in [0.1, 0.15) is 11.1 Å². The fourth-order valence-corrected chi connectivity index (χ4v) is 5.51. The van der Waals surface area contributed by atoms with E-state index in [0.29, 0.717) is 24.3 Å². The number of aryl methyl sites for hydroxylation is 1. The van der Waals surface area contributed by atoms with E-state index in [9.17, 15) is 12.8 Å². The first-order valence-electron chi connectivity index (χ1n) is 10.9. The number of halogens is 2. The van der Waals surface area contributed by atoms with E-state index in [-0.39, 0.29) is 22.8 Å². The fraction of sp³-hybridized carbons (Fsp3) is 0.240. The molecule has 5 rings (SSSR count). The van der Waals surface area contributed by atoms with Gasteiger partial charge in [-0.15, -0.1) is 17.5 Å². The Morgan fingerprint density at radius 1 is 0.912 bits per heavy atom. The van der Waals surface area contributed by atoms with Crippen molar-refractivity contribution in [1.29, 1.82) is 0 Å². The topological polar surface area (TPSA) is 58.4 Å². The molecule has 0 aliphatic carbocycles. The van der Waals surface area contributed by atoms with Gasteiger partial charge in [-0.25, -0.2) is 4.39 Å². The highest BCUT2D eigenvalue weighted by molar-refractivity contribution is 7.90. The van der Waals surface area contributed by atoms with Crippen LogP contribution in [0.15, 0.2) is 77.7 Å². The summed E-state index contributed by atoms with van der Waals surface area (Å²) in [5.74, 6) is 0.0713. The maximum Gasteiger partial charge on any atom is 0.283 e. The molecular formula is C25H26ClFN4O2S. The number of hydrogen-bond acceptors (Lipinski definition) is 5. The van der Waals surface area contributed by atoms with E-state index in [0.717, 1.165) is 29.3 Å². The zero-order valence-corrected chi connectivity index (χ0v) is 20.4. The SMILES string of the molecule is Cc1ccc(S(=O)(=O)n2nc(N3CCN(Cc4ccccc4)CC3)c3ccc(F)cc32)cc1.Cl. The van der Waals surface area contributed by atoms with Gasteiger partial charge < -0.3 is 4.90 Å². The van der Waals surface area contributed by atoms with Crippen LogP contribution in [0.2, 0.25) is 0 Å². The highest BCUT2D eigenvalue weighted by atomic mass is 35.5. The molecule has 1 saturated heterocycles. The molecule has 9 heteroatoms. The molecule has 0 unspecified atom stereocenters. The molecule has 4 aromatic rings. The average molecular weight is 501 g/mol. The molecule has 6 nitrogen and oxygen atoms in total. The number of anilines is 1. The van der Waals surface area contributed by atoms with Gasteiger partial charge in [-0.1, -0.05) is 48.0 Å². The molecule has 0 amide bonds. The summed E-state index contributed by atoms with van der Waals surface area (Å²) in [6.45, 7) is 5.84. The lowest BCUT2D eigenvalue weighted by Gasteiger charge is -2.35. The van der Waals surface area contributed by atoms with Gasteiger partial charge in [0.05, 0.1) is 10.4 Å². The van der Waals surface area contributed by atoms with Gasteiger partial charge in [-0.2, -0.15) is 12.5 Å². The van der Waals surface area contributed by atoms with Crippen molar-refractivity contribution in [1.82, 2.24) is 14.1 Å². The van der Waals surface area contributed by atoms with E-state index in [4.69, 9.17) is 0 Å². The number of benzene rings is 3. The van der Waals surface area contributed by atoms with E-state index < -0.39 is 15.8 Å². The minimum absolute atomic E-state index is 0. The smallest absolute Gasteiger partial charge is 0.283 e. The Labute approximate surface area is 205 Å². The van der Waals surface area contributed by atoms with Crippen molar-refractivity contribution in [3.05, 3.63) is 89.7 Å². The van der Waals surface area contributed by atoms with Crippen molar-refractivity contribution in [2.45, 2.75) is 18.4 Å². The van der Waals surface area contributed by atoms with Crippen molar-refractivity contribution in [2.24, 2.45) is 0 Å². The summed E-state index contributed by atoms with van der Waals surface area (Å²) >= 11 is 0. The summed E-state index contributed by atoms with van der Waals surface area (Å²) in [5.41, 5.74) is 2.47. The zero-order chi connectivity index (χ0) is 23.0. The first kappa shape index (κ1) is 24.2. The quantitative estimate of drug-likeness (QED) is 0.405. The van der Waals surface area contributed by atoms with Gasteiger partial charge in [0.2, 0.25) is 0 Å². The molecule has 2 heterocycles. The van der Waals surface area contributed by atoms with Crippen LogP contribution in [-0.2, 0) is 16.6 Å². The van der Waals surface area contributed by atoms with Gasteiger partial charge in [0.1, 0.15) is 5.82 Å². The fourth-order valence-electron chi connectivity index (χ4n) is 4.23. The summed E-state index contributed by atoms with van der Waals surface area (Å²) in [6.07, 6.45) is 0. The summed E-state index contributed by atoms with van der Waals surface area (Å²) in [4.78, 5) is 4.58. The number of rotatable bonds is 5.